The Morgan fingerprint density at radius 3 is 2.38 bits per heavy atom. The molecule has 228 valence electrons. The standard InChI is InChI=1S/C32H40F3N3O4/c1-30(2,3)27-18-28(38(37(27)6)19-24-13-10-16-40-24)36-29(39)25-17-23(32(33,34)35)14-15-26(25)41-21-31(4,5)42-20-22-11-8-7-9-12-22/h7-9,11-12,14-15,17-18,24H,10,13,16,19-21H2,1-6H3/t24-/m1/s1. The molecule has 1 amide bonds. The Kier molecular flexibility index (Phi) is 9.37. The third-order valence-corrected chi connectivity index (χ3v) is 7.21. The van der Waals surface area contributed by atoms with Crippen molar-refractivity contribution in [2.24, 2.45) is 12.0 Å². The van der Waals surface area contributed by atoms with Gasteiger partial charge in [0.25, 0.3) is 5.91 Å². The van der Waals surface area contributed by atoms with Crippen LogP contribution in [0.3, 0.4) is 0 Å². The molecule has 2 aromatic carbocycles. The summed E-state index contributed by atoms with van der Waals surface area (Å²) in [6, 6.07) is 14.3. The summed E-state index contributed by atoms with van der Waals surface area (Å²) in [5, 5.41) is 0. The summed E-state index contributed by atoms with van der Waals surface area (Å²) in [5.74, 6) is -0.822. The second-order valence-corrected chi connectivity index (χ2v) is 12.3. The summed E-state index contributed by atoms with van der Waals surface area (Å²) in [6.45, 7) is 11.3. The Bertz CT molecular complexity index is 1440. The van der Waals surface area contributed by atoms with Gasteiger partial charge in [-0.05, 0) is 50.5 Å². The molecule has 7 nitrogen and oxygen atoms in total. The zero-order chi connectivity index (χ0) is 30.7. The molecular formula is C32H40F3N3O4. The second-order valence-electron chi connectivity index (χ2n) is 12.3. The van der Waals surface area contributed by atoms with Crippen LogP contribution in [0.25, 0.3) is 0 Å². The van der Waals surface area contributed by atoms with Gasteiger partial charge in [-0.25, -0.2) is 0 Å². The quantitative estimate of drug-likeness (QED) is 0.289. The number of nitrogens with zero attached hydrogens (tertiary/aromatic N) is 3. The average molecular weight is 588 g/mol. The van der Waals surface area contributed by atoms with E-state index in [2.05, 4.69) is 4.99 Å². The van der Waals surface area contributed by atoms with Gasteiger partial charge in [-0.15, -0.1) is 0 Å². The van der Waals surface area contributed by atoms with Crippen LogP contribution in [0.1, 0.15) is 74.6 Å². The van der Waals surface area contributed by atoms with E-state index in [-0.39, 0.29) is 29.4 Å². The monoisotopic (exact) mass is 587 g/mol. The SMILES string of the molecule is Cn1c(C(C)(C)C)cc(=NC(=O)c2cc(C(F)(F)F)ccc2OCC(C)(C)OCc2ccccc2)n1C[C@H]1CCCO1. The molecule has 1 aromatic heterocycles. The maximum absolute atomic E-state index is 13.7. The van der Waals surface area contributed by atoms with Crippen molar-refractivity contribution in [3.63, 3.8) is 0 Å². The molecule has 42 heavy (non-hydrogen) atoms. The highest BCUT2D eigenvalue weighted by molar-refractivity contribution is 5.97. The molecule has 10 heteroatoms. The Morgan fingerprint density at radius 2 is 1.76 bits per heavy atom. The number of benzene rings is 2. The van der Waals surface area contributed by atoms with Crippen LogP contribution in [-0.2, 0) is 41.3 Å². The molecule has 0 bridgehead atoms. The van der Waals surface area contributed by atoms with Gasteiger partial charge >= 0.3 is 6.18 Å². The van der Waals surface area contributed by atoms with Crippen molar-refractivity contribution in [1.82, 2.24) is 9.36 Å². The number of alkyl halides is 3. The zero-order valence-corrected chi connectivity index (χ0v) is 25.1. The number of halogens is 3. The number of hydrogen-bond donors (Lipinski definition) is 0. The van der Waals surface area contributed by atoms with Gasteiger partial charge in [0.05, 0.1) is 36.0 Å². The number of ether oxygens (including phenoxy) is 3. The Hall–Kier alpha value is -3.37. The molecule has 1 atom stereocenters. The lowest BCUT2D eigenvalue weighted by Crippen LogP contribution is -2.32. The summed E-state index contributed by atoms with van der Waals surface area (Å²) < 4.78 is 62.6. The van der Waals surface area contributed by atoms with E-state index < -0.39 is 23.2 Å². The van der Waals surface area contributed by atoms with Crippen LogP contribution >= 0.6 is 0 Å². The number of carbonyl (C=O) groups excluding carboxylic acids is 1. The molecule has 0 spiro atoms. The normalized spacial score (nSPS) is 16.7. The number of amides is 1. The first-order valence-electron chi connectivity index (χ1n) is 14.1. The molecule has 0 radical (unpaired) electrons. The Labute approximate surface area is 244 Å². The van der Waals surface area contributed by atoms with Crippen LogP contribution in [0.4, 0.5) is 13.2 Å². The van der Waals surface area contributed by atoms with Crippen molar-refractivity contribution >= 4 is 5.91 Å². The summed E-state index contributed by atoms with van der Waals surface area (Å²) >= 11 is 0. The van der Waals surface area contributed by atoms with Crippen LogP contribution in [0, 0.1) is 0 Å². The first-order chi connectivity index (χ1) is 19.6. The molecule has 1 saturated heterocycles. The third kappa shape index (κ3) is 7.92. The Morgan fingerprint density at radius 1 is 1.05 bits per heavy atom. The van der Waals surface area contributed by atoms with Gasteiger partial charge < -0.3 is 14.2 Å². The van der Waals surface area contributed by atoms with E-state index >= 15 is 0 Å². The summed E-state index contributed by atoms with van der Waals surface area (Å²) in [4.78, 5) is 17.9. The lowest BCUT2D eigenvalue weighted by atomic mass is 9.92. The number of rotatable bonds is 9. The number of carbonyl (C=O) groups is 1. The van der Waals surface area contributed by atoms with Crippen molar-refractivity contribution in [3.05, 3.63) is 82.5 Å². The molecule has 3 aromatic rings. The Balaban J connectivity index is 1.66. The second kappa shape index (κ2) is 12.5. The minimum Gasteiger partial charge on any atom is -0.490 e. The van der Waals surface area contributed by atoms with Crippen LogP contribution in [0.2, 0.25) is 0 Å². The van der Waals surface area contributed by atoms with Gasteiger partial charge in [-0.1, -0.05) is 51.1 Å². The molecule has 4 rings (SSSR count). The molecule has 0 unspecified atom stereocenters. The van der Waals surface area contributed by atoms with Crippen LogP contribution in [0.5, 0.6) is 5.75 Å². The lowest BCUT2D eigenvalue weighted by Gasteiger charge is -2.26. The fourth-order valence-corrected chi connectivity index (χ4v) is 4.87. The number of hydrogen-bond acceptors (Lipinski definition) is 4. The highest BCUT2D eigenvalue weighted by atomic mass is 19.4. The predicted octanol–water partition coefficient (Wildman–Crippen LogP) is 6.44. The van der Waals surface area contributed by atoms with E-state index in [1.807, 2.05) is 87.4 Å². The lowest BCUT2D eigenvalue weighted by molar-refractivity contribution is -0.137. The molecule has 1 aliphatic rings. The maximum atomic E-state index is 13.7. The van der Waals surface area contributed by atoms with Gasteiger partial charge in [0.15, 0.2) is 5.49 Å². The van der Waals surface area contributed by atoms with E-state index in [0.717, 1.165) is 36.2 Å². The van der Waals surface area contributed by atoms with Gasteiger partial charge in [0.1, 0.15) is 12.4 Å². The minimum atomic E-state index is -4.64. The van der Waals surface area contributed by atoms with Crippen molar-refractivity contribution < 1.29 is 32.2 Å². The smallest absolute Gasteiger partial charge is 0.416 e. The highest BCUT2D eigenvalue weighted by Gasteiger charge is 2.33. The highest BCUT2D eigenvalue weighted by Crippen LogP contribution is 2.33. The van der Waals surface area contributed by atoms with Crippen LogP contribution < -0.4 is 10.2 Å². The fraction of sp³-hybridized carbons (Fsp3) is 0.500. The van der Waals surface area contributed by atoms with Crippen molar-refractivity contribution in [2.75, 3.05) is 13.2 Å². The first-order valence-corrected chi connectivity index (χ1v) is 14.1. The molecule has 0 saturated carbocycles. The van der Waals surface area contributed by atoms with E-state index in [1.54, 1.807) is 0 Å². The third-order valence-electron chi connectivity index (χ3n) is 7.21. The zero-order valence-electron chi connectivity index (χ0n) is 25.1. The summed E-state index contributed by atoms with van der Waals surface area (Å²) in [5.41, 5.74) is -0.0375. The van der Waals surface area contributed by atoms with Gasteiger partial charge in [0.2, 0.25) is 0 Å². The van der Waals surface area contributed by atoms with Gasteiger partial charge in [-0.2, -0.15) is 18.2 Å². The van der Waals surface area contributed by atoms with Crippen molar-refractivity contribution in [1.29, 1.82) is 0 Å². The molecule has 0 aliphatic carbocycles. The van der Waals surface area contributed by atoms with E-state index in [4.69, 9.17) is 14.2 Å². The minimum absolute atomic E-state index is 0.00397. The van der Waals surface area contributed by atoms with E-state index in [1.165, 1.54) is 6.07 Å². The van der Waals surface area contributed by atoms with Gasteiger partial charge in [-0.3, -0.25) is 14.2 Å². The molecule has 1 aliphatic heterocycles. The number of aromatic nitrogens is 2. The maximum Gasteiger partial charge on any atom is 0.416 e. The van der Waals surface area contributed by atoms with E-state index in [0.29, 0.717) is 25.2 Å². The molecule has 0 N–H and O–H groups in total. The predicted molar refractivity (Wildman–Crippen MR) is 153 cm³/mol. The first kappa shape index (κ1) is 31.6. The van der Waals surface area contributed by atoms with Crippen LogP contribution in [-0.4, -0.2) is 40.2 Å². The topological polar surface area (TPSA) is 67.0 Å². The summed E-state index contributed by atoms with van der Waals surface area (Å²) in [6.07, 6.45) is -2.85. The fourth-order valence-electron chi connectivity index (χ4n) is 4.87. The molecule has 1 fully saturated rings. The van der Waals surface area contributed by atoms with Crippen molar-refractivity contribution in [3.8, 4) is 5.75 Å². The average Bonchev–Trinajstić information content (AvgIpc) is 3.55. The van der Waals surface area contributed by atoms with Crippen molar-refractivity contribution in [2.45, 2.75) is 83.9 Å². The molecule has 2 heterocycles. The van der Waals surface area contributed by atoms with Gasteiger partial charge in [0, 0.05) is 30.8 Å². The largest absolute Gasteiger partial charge is 0.490 e. The molecular weight excluding hydrogens is 547 g/mol. The van der Waals surface area contributed by atoms with Crippen LogP contribution in [0.15, 0.2) is 59.6 Å². The van der Waals surface area contributed by atoms with E-state index in [9.17, 15) is 18.0 Å². The summed E-state index contributed by atoms with van der Waals surface area (Å²) in [7, 11) is 1.88.